The third-order valence-electron chi connectivity index (χ3n) is 3.92. The second kappa shape index (κ2) is 6.35. The standard InChI is InChI=1S/C21H17NS/c1-3-9-17(10-4-1)15-22-16-21(19-13-7-8-14-20(19)22)23-18-11-5-2-6-12-18/h1-14,16H,15H2. The Kier molecular flexibility index (Phi) is 3.91. The lowest BCUT2D eigenvalue weighted by molar-refractivity contribution is 0.830. The van der Waals surface area contributed by atoms with Crippen molar-refractivity contribution in [2.75, 3.05) is 0 Å². The van der Waals surface area contributed by atoms with Gasteiger partial charge in [0, 0.05) is 33.4 Å². The zero-order valence-electron chi connectivity index (χ0n) is 12.7. The predicted octanol–water partition coefficient (Wildman–Crippen LogP) is 5.84. The molecule has 0 atom stereocenters. The molecular weight excluding hydrogens is 298 g/mol. The summed E-state index contributed by atoms with van der Waals surface area (Å²) in [7, 11) is 0. The van der Waals surface area contributed by atoms with E-state index in [-0.39, 0.29) is 0 Å². The van der Waals surface area contributed by atoms with Crippen molar-refractivity contribution in [3.63, 3.8) is 0 Å². The average Bonchev–Trinajstić information content (AvgIpc) is 2.95. The van der Waals surface area contributed by atoms with E-state index in [1.165, 1.54) is 26.3 Å². The van der Waals surface area contributed by atoms with Crippen LogP contribution >= 0.6 is 11.8 Å². The highest BCUT2D eigenvalue weighted by Gasteiger charge is 2.09. The van der Waals surface area contributed by atoms with Crippen LogP contribution in [0.1, 0.15) is 5.56 Å². The molecular formula is C21H17NS. The Labute approximate surface area is 140 Å². The number of benzene rings is 3. The fourth-order valence-corrected chi connectivity index (χ4v) is 3.83. The molecule has 0 bridgehead atoms. The number of hydrogen-bond donors (Lipinski definition) is 0. The summed E-state index contributed by atoms with van der Waals surface area (Å²) < 4.78 is 2.34. The normalized spacial score (nSPS) is 11.0. The first-order valence-corrected chi connectivity index (χ1v) is 8.56. The van der Waals surface area contributed by atoms with E-state index >= 15 is 0 Å². The second-order valence-electron chi connectivity index (χ2n) is 5.54. The van der Waals surface area contributed by atoms with Gasteiger partial charge in [0.05, 0.1) is 0 Å². The molecule has 2 heteroatoms. The van der Waals surface area contributed by atoms with Crippen LogP contribution in [-0.2, 0) is 6.54 Å². The molecule has 1 aromatic heterocycles. The van der Waals surface area contributed by atoms with Crippen LogP contribution in [0.25, 0.3) is 10.9 Å². The first-order valence-electron chi connectivity index (χ1n) is 7.75. The van der Waals surface area contributed by atoms with Crippen LogP contribution in [0.15, 0.2) is 101 Å². The Balaban J connectivity index is 1.74. The van der Waals surface area contributed by atoms with Crippen molar-refractivity contribution in [1.82, 2.24) is 4.57 Å². The number of aromatic nitrogens is 1. The molecule has 0 spiro atoms. The van der Waals surface area contributed by atoms with E-state index in [0.29, 0.717) is 0 Å². The van der Waals surface area contributed by atoms with Gasteiger partial charge in [-0.2, -0.15) is 0 Å². The molecule has 0 saturated heterocycles. The van der Waals surface area contributed by atoms with Gasteiger partial charge in [0.2, 0.25) is 0 Å². The molecule has 0 amide bonds. The van der Waals surface area contributed by atoms with Crippen molar-refractivity contribution in [3.8, 4) is 0 Å². The average molecular weight is 315 g/mol. The number of hydrogen-bond acceptors (Lipinski definition) is 1. The summed E-state index contributed by atoms with van der Waals surface area (Å²) in [5.41, 5.74) is 2.61. The molecule has 4 aromatic rings. The number of para-hydroxylation sites is 1. The highest BCUT2D eigenvalue weighted by Crippen LogP contribution is 2.35. The van der Waals surface area contributed by atoms with Gasteiger partial charge in [0.15, 0.2) is 0 Å². The largest absolute Gasteiger partial charge is 0.342 e. The lowest BCUT2D eigenvalue weighted by atomic mass is 10.2. The molecule has 0 radical (unpaired) electrons. The maximum absolute atomic E-state index is 2.34. The van der Waals surface area contributed by atoms with E-state index in [1.807, 2.05) is 11.8 Å². The summed E-state index contributed by atoms with van der Waals surface area (Å²) in [4.78, 5) is 2.58. The molecule has 23 heavy (non-hydrogen) atoms. The van der Waals surface area contributed by atoms with Crippen LogP contribution in [-0.4, -0.2) is 4.57 Å². The van der Waals surface area contributed by atoms with E-state index in [1.54, 1.807) is 0 Å². The van der Waals surface area contributed by atoms with E-state index < -0.39 is 0 Å². The Bertz CT molecular complexity index is 835. The predicted molar refractivity (Wildman–Crippen MR) is 98.0 cm³/mol. The second-order valence-corrected chi connectivity index (χ2v) is 6.65. The van der Waals surface area contributed by atoms with Crippen LogP contribution in [0, 0.1) is 0 Å². The lowest BCUT2D eigenvalue weighted by Crippen LogP contribution is -1.97. The van der Waals surface area contributed by atoms with Crippen LogP contribution < -0.4 is 0 Å². The van der Waals surface area contributed by atoms with Crippen LogP contribution in [0.4, 0.5) is 0 Å². The first kappa shape index (κ1) is 14.2. The molecule has 0 unspecified atom stereocenters. The fourth-order valence-electron chi connectivity index (χ4n) is 2.82. The number of rotatable bonds is 4. The molecule has 0 aliphatic carbocycles. The SMILES string of the molecule is c1ccc(Cn2cc(Sc3ccccc3)c3ccccc32)cc1. The molecule has 0 aliphatic heterocycles. The number of nitrogens with zero attached hydrogens (tertiary/aromatic N) is 1. The first-order chi connectivity index (χ1) is 11.4. The molecule has 0 aliphatic rings. The van der Waals surface area contributed by atoms with Crippen molar-refractivity contribution < 1.29 is 0 Å². The van der Waals surface area contributed by atoms with Gasteiger partial charge >= 0.3 is 0 Å². The zero-order chi connectivity index (χ0) is 15.5. The van der Waals surface area contributed by atoms with Gasteiger partial charge in [0.25, 0.3) is 0 Å². The van der Waals surface area contributed by atoms with Crippen molar-refractivity contribution in [2.45, 2.75) is 16.3 Å². The zero-order valence-corrected chi connectivity index (χ0v) is 13.5. The Morgan fingerprint density at radius 2 is 1.35 bits per heavy atom. The molecule has 1 heterocycles. The van der Waals surface area contributed by atoms with E-state index in [9.17, 15) is 0 Å². The van der Waals surface area contributed by atoms with Crippen LogP contribution in [0.5, 0.6) is 0 Å². The minimum atomic E-state index is 0.900. The molecule has 0 fully saturated rings. The maximum Gasteiger partial charge on any atom is 0.0495 e. The minimum Gasteiger partial charge on any atom is -0.342 e. The van der Waals surface area contributed by atoms with E-state index in [4.69, 9.17) is 0 Å². The highest BCUT2D eigenvalue weighted by molar-refractivity contribution is 7.99. The summed E-state index contributed by atoms with van der Waals surface area (Å²) in [5, 5.41) is 1.32. The topological polar surface area (TPSA) is 4.93 Å². The molecule has 4 rings (SSSR count). The Morgan fingerprint density at radius 1 is 0.696 bits per heavy atom. The van der Waals surface area contributed by atoms with Gasteiger partial charge in [-0.05, 0) is 23.8 Å². The summed E-state index contributed by atoms with van der Waals surface area (Å²) in [5.74, 6) is 0. The van der Waals surface area contributed by atoms with Gasteiger partial charge in [-0.15, -0.1) is 0 Å². The van der Waals surface area contributed by atoms with Gasteiger partial charge in [-0.3, -0.25) is 0 Å². The quantitative estimate of drug-likeness (QED) is 0.458. The summed E-state index contributed by atoms with van der Waals surface area (Å²) in [6.07, 6.45) is 2.27. The Hall–Kier alpha value is -2.45. The van der Waals surface area contributed by atoms with Crippen molar-refractivity contribution in [2.24, 2.45) is 0 Å². The van der Waals surface area contributed by atoms with Gasteiger partial charge in [0.1, 0.15) is 0 Å². The third kappa shape index (κ3) is 3.03. The third-order valence-corrected chi connectivity index (χ3v) is 4.97. The number of fused-ring (bicyclic) bond motifs is 1. The van der Waals surface area contributed by atoms with Gasteiger partial charge < -0.3 is 4.57 Å². The van der Waals surface area contributed by atoms with Crippen molar-refractivity contribution in [3.05, 3.63) is 96.7 Å². The van der Waals surface area contributed by atoms with Gasteiger partial charge in [-0.25, -0.2) is 0 Å². The lowest BCUT2D eigenvalue weighted by Gasteiger charge is -2.05. The minimum absolute atomic E-state index is 0.900. The van der Waals surface area contributed by atoms with E-state index in [0.717, 1.165) is 6.54 Å². The summed E-state index contributed by atoms with van der Waals surface area (Å²) in [6.45, 7) is 0.900. The van der Waals surface area contributed by atoms with Crippen LogP contribution in [0.2, 0.25) is 0 Å². The maximum atomic E-state index is 2.34. The summed E-state index contributed by atoms with van der Waals surface area (Å²) in [6, 6.07) is 29.8. The molecule has 1 nitrogen and oxygen atoms in total. The molecule has 0 saturated carbocycles. The van der Waals surface area contributed by atoms with Gasteiger partial charge in [-0.1, -0.05) is 78.5 Å². The monoisotopic (exact) mass is 315 g/mol. The van der Waals surface area contributed by atoms with Crippen LogP contribution in [0.3, 0.4) is 0 Å². The highest BCUT2D eigenvalue weighted by atomic mass is 32.2. The molecule has 3 aromatic carbocycles. The Morgan fingerprint density at radius 3 is 2.13 bits per heavy atom. The van der Waals surface area contributed by atoms with E-state index in [2.05, 4.69) is 95.7 Å². The van der Waals surface area contributed by atoms with Crippen molar-refractivity contribution in [1.29, 1.82) is 0 Å². The smallest absolute Gasteiger partial charge is 0.0495 e. The molecule has 112 valence electrons. The summed E-state index contributed by atoms with van der Waals surface area (Å²) >= 11 is 1.83. The van der Waals surface area contributed by atoms with Crippen molar-refractivity contribution >= 4 is 22.7 Å². The molecule has 0 N–H and O–H groups in total. The fraction of sp³-hybridized carbons (Fsp3) is 0.0476.